The molecule has 0 bridgehead atoms. The molecule has 0 aromatic carbocycles. The normalized spacial score (nSPS) is 22.2. The average molecular weight is 346 g/mol. The third-order valence-corrected chi connectivity index (χ3v) is 5.98. The Morgan fingerprint density at radius 1 is 1.00 bits per heavy atom. The Hall–Kier alpha value is -1.63. The molecule has 1 aliphatic carbocycles. The van der Waals surface area contributed by atoms with Gasteiger partial charge < -0.3 is 14.8 Å². The zero-order chi connectivity index (χ0) is 17.1. The molecule has 0 atom stereocenters. The van der Waals surface area contributed by atoms with Crippen LogP contribution < -0.4 is 5.32 Å². The number of nitrogens with zero attached hydrogens (tertiary/aromatic N) is 5. The maximum Gasteiger partial charge on any atom is 0.317 e. The van der Waals surface area contributed by atoms with Gasteiger partial charge in [0.05, 0.1) is 6.54 Å². The van der Waals surface area contributed by atoms with Crippen LogP contribution in [0.25, 0.3) is 0 Å². The van der Waals surface area contributed by atoms with Gasteiger partial charge in [-0.3, -0.25) is 4.90 Å². The number of hydrogen-bond donors (Lipinski definition) is 1. The average Bonchev–Trinajstić information content (AvgIpc) is 2.81. The number of carbonyl (C=O) groups is 1. The Morgan fingerprint density at radius 2 is 1.84 bits per heavy atom. The molecule has 2 fully saturated rings. The van der Waals surface area contributed by atoms with Gasteiger partial charge in [0.1, 0.15) is 11.6 Å². The van der Waals surface area contributed by atoms with Gasteiger partial charge in [0.25, 0.3) is 0 Å². The largest absolute Gasteiger partial charge is 0.338 e. The molecule has 7 nitrogen and oxygen atoms in total. The van der Waals surface area contributed by atoms with Crippen molar-refractivity contribution in [3.8, 4) is 0 Å². The van der Waals surface area contributed by atoms with Crippen LogP contribution in [0, 0.1) is 5.92 Å². The Labute approximate surface area is 149 Å². The predicted molar refractivity (Wildman–Crippen MR) is 95.2 cm³/mol. The van der Waals surface area contributed by atoms with Crippen molar-refractivity contribution in [3.63, 3.8) is 0 Å². The number of rotatable bonds is 4. The standard InChI is InChI=1S/C18H30N6O/c25-18(19-13-15-5-4-6-15)23-11-9-22(10-12-23)14-17-21-20-16-7-2-1-3-8-24(16)17/h15H,1-14H2,(H,19,25). The van der Waals surface area contributed by atoms with Gasteiger partial charge in [-0.05, 0) is 31.6 Å². The summed E-state index contributed by atoms with van der Waals surface area (Å²) < 4.78 is 2.32. The number of urea groups is 1. The van der Waals surface area contributed by atoms with E-state index in [4.69, 9.17) is 0 Å². The van der Waals surface area contributed by atoms with Gasteiger partial charge in [0, 0.05) is 45.7 Å². The van der Waals surface area contributed by atoms with E-state index in [0.717, 1.165) is 63.9 Å². The van der Waals surface area contributed by atoms with Crippen LogP contribution in [0.3, 0.4) is 0 Å². The summed E-state index contributed by atoms with van der Waals surface area (Å²) in [6.45, 7) is 6.20. The highest BCUT2D eigenvalue weighted by atomic mass is 16.2. The van der Waals surface area contributed by atoms with Crippen LogP contribution in [0.5, 0.6) is 0 Å². The van der Waals surface area contributed by atoms with Gasteiger partial charge in [0.2, 0.25) is 0 Å². The molecule has 4 rings (SSSR count). The molecule has 7 heteroatoms. The minimum Gasteiger partial charge on any atom is -0.338 e. The number of nitrogens with one attached hydrogen (secondary N) is 1. The van der Waals surface area contributed by atoms with Crippen molar-refractivity contribution in [2.24, 2.45) is 5.92 Å². The van der Waals surface area contributed by atoms with E-state index < -0.39 is 0 Å². The van der Waals surface area contributed by atoms with Gasteiger partial charge >= 0.3 is 6.03 Å². The number of piperazine rings is 1. The Morgan fingerprint density at radius 3 is 2.60 bits per heavy atom. The molecule has 3 aliphatic rings. The number of aromatic nitrogens is 3. The molecule has 1 N–H and O–H groups in total. The lowest BCUT2D eigenvalue weighted by Crippen LogP contribution is -2.52. The second-order valence-corrected chi connectivity index (χ2v) is 7.74. The first-order valence-electron chi connectivity index (χ1n) is 9.95. The number of amides is 2. The van der Waals surface area contributed by atoms with Crippen molar-refractivity contribution in [1.29, 1.82) is 0 Å². The summed E-state index contributed by atoms with van der Waals surface area (Å²) in [4.78, 5) is 16.6. The van der Waals surface area contributed by atoms with E-state index in [2.05, 4.69) is 25.0 Å². The summed E-state index contributed by atoms with van der Waals surface area (Å²) in [5.41, 5.74) is 0. The first-order valence-corrected chi connectivity index (χ1v) is 9.95. The molecule has 25 heavy (non-hydrogen) atoms. The molecule has 2 amide bonds. The molecule has 138 valence electrons. The Bertz CT molecular complexity index is 588. The quantitative estimate of drug-likeness (QED) is 0.900. The number of aryl methyl sites for hydroxylation is 1. The molecule has 1 aromatic rings. The zero-order valence-electron chi connectivity index (χ0n) is 15.1. The van der Waals surface area contributed by atoms with Gasteiger partial charge in [-0.2, -0.15) is 0 Å². The SMILES string of the molecule is O=C(NCC1CCC1)N1CCN(Cc2nnc3n2CCCCC3)CC1. The fourth-order valence-electron chi connectivity index (χ4n) is 4.01. The van der Waals surface area contributed by atoms with Gasteiger partial charge in [-0.15, -0.1) is 10.2 Å². The Kier molecular flexibility index (Phi) is 5.20. The van der Waals surface area contributed by atoms with E-state index in [1.165, 1.54) is 38.5 Å². The van der Waals surface area contributed by atoms with Crippen LogP contribution in [0.1, 0.15) is 50.2 Å². The lowest BCUT2D eigenvalue weighted by molar-refractivity contribution is 0.130. The van der Waals surface area contributed by atoms with Crippen molar-refractivity contribution in [2.45, 2.75) is 58.0 Å². The van der Waals surface area contributed by atoms with Crippen LogP contribution in [-0.4, -0.2) is 63.3 Å². The second kappa shape index (κ2) is 7.72. The minimum atomic E-state index is 0.114. The van der Waals surface area contributed by atoms with Crippen molar-refractivity contribution in [2.75, 3.05) is 32.7 Å². The molecule has 1 saturated carbocycles. The van der Waals surface area contributed by atoms with E-state index in [-0.39, 0.29) is 6.03 Å². The molecule has 0 radical (unpaired) electrons. The minimum absolute atomic E-state index is 0.114. The molecule has 2 aliphatic heterocycles. The van der Waals surface area contributed by atoms with Crippen molar-refractivity contribution in [3.05, 3.63) is 11.6 Å². The summed E-state index contributed by atoms with van der Waals surface area (Å²) in [7, 11) is 0. The summed E-state index contributed by atoms with van der Waals surface area (Å²) in [6, 6.07) is 0.114. The third kappa shape index (κ3) is 3.97. The molecular formula is C18H30N6O. The van der Waals surface area contributed by atoms with E-state index in [1.807, 2.05) is 4.90 Å². The summed E-state index contributed by atoms with van der Waals surface area (Å²) in [5, 5.41) is 11.9. The van der Waals surface area contributed by atoms with Crippen molar-refractivity contribution >= 4 is 6.03 Å². The summed E-state index contributed by atoms with van der Waals surface area (Å²) in [5.74, 6) is 2.97. The van der Waals surface area contributed by atoms with Gasteiger partial charge in [0.15, 0.2) is 0 Å². The molecule has 0 spiro atoms. The number of carbonyl (C=O) groups excluding carboxylic acids is 1. The highest BCUT2D eigenvalue weighted by Gasteiger charge is 2.24. The van der Waals surface area contributed by atoms with Crippen LogP contribution in [0.2, 0.25) is 0 Å². The molecule has 1 aromatic heterocycles. The zero-order valence-corrected chi connectivity index (χ0v) is 15.1. The van der Waals surface area contributed by atoms with E-state index in [1.54, 1.807) is 0 Å². The lowest BCUT2D eigenvalue weighted by atomic mass is 9.85. The fraction of sp³-hybridized carbons (Fsp3) is 0.833. The van der Waals surface area contributed by atoms with E-state index in [0.29, 0.717) is 5.92 Å². The lowest BCUT2D eigenvalue weighted by Gasteiger charge is -2.35. The molecule has 0 unspecified atom stereocenters. The topological polar surface area (TPSA) is 66.3 Å². The van der Waals surface area contributed by atoms with Crippen molar-refractivity contribution in [1.82, 2.24) is 29.9 Å². The smallest absolute Gasteiger partial charge is 0.317 e. The van der Waals surface area contributed by atoms with E-state index >= 15 is 0 Å². The van der Waals surface area contributed by atoms with Crippen LogP contribution in [0.15, 0.2) is 0 Å². The second-order valence-electron chi connectivity index (χ2n) is 7.74. The van der Waals surface area contributed by atoms with Crippen LogP contribution in [0.4, 0.5) is 4.79 Å². The summed E-state index contributed by atoms with van der Waals surface area (Å²) >= 11 is 0. The van der Waals surface area contributed by atoms with Gasteiger partial charge in [-0.25, -0.2) is 4.79 Å². The predicted octanol–water partition coefficient (Wildman–Crippen LogP) is 1.63. The highest BCUT2D eigenvalue weighted by Crippen LogP contribution is 2.25. The summed E-state index contributed by atoms with van der Waals surface area (Å²) in [6.07, 6.45) is 8.68. The number of fused-ring (bicyclic) bond motifs is 1. The van der Waals surface area contributed by atoms with Gasteiger partial charge in [-0.1, -0.05) is 12.8 Å². The maximum absolute atomic E-state index is 12.3. The Balaban J connectivity index is 1.25. The third-order valence-electron chi connectivity index (χ3n) is 5.98. The fourth-order valence-corrected chi connectivity index (χ4v) is 4.01. The first kappa shape index (κ1) is 16.8. The first-order chi connectivity index (χ1) is 12.3. The molecule has 1 saturated heterocycles. The van der Waals surface area contributed by atoms with Crippen LogP contribution >= 0.6 is 0 Å². The van der Waals surface area contributed by atoms with E-state index in [9.17, 15) is 4.79 Å². The molecular weight excluding hydrogens is 316 g/mol. The van der Waals surface area contributed by atoms with Crippen LogP contribution in [-0.2, 0) is 19.5 Å². The molecule has 3 heterocycles. The highest BCUT2D eigenvalue weighted by molar-refractivity contribution is 5.74. The number of hydrogen-bond acceptors (Lipinski definition) is 4. The monoisotopic (exact) mass is 346 g/mol. The maximum atomic E-state index is 12.3. The van der Waals surface area contributed by atoms with Crippen molar-refractivity contribution < 1.29 is 4.79 Å².